The van der Waals surface area contributed by atoms with E-state index in [4.69, 9.17) is 21.4 Å². The highest BCUT2D eigenvalue weighted by atomic mass is 32.1. The van der Waals surface area contributed by atoms with Crippen molar-refractivity contribution in [2.75, 3.05) is 20.3 Å². The van der Waals surface area contributed by atoms with Crippen molar-refractivity contribution in [1.29, 1.82) is 0 Å². The average molecular weight is 482 g/mol. The molecule has 1 saturated heterocycles. The smallest absolute Gasteiger partial charge is 0.335 e. The van der Waals surface area contributed by atoms with Gasteiger partial charge in [0.15, 0.2) is 5.11 Å². The summed E-state index contributed by atoms with van der Waals surface area (Å²) in [5.41, 5.74) is 0.883. The Morgan fingerprint density at radius 3 is 2.50 bits per heavy atom. The zero-order valence-electron chi connectivity index (χ0n) is 18.3. The molecule has 34 heavy (non-hydrogen) atoms. The third kappa shape index (κ3) is 4.78. The van der Waals surface area contributed by atoms with Crippen LogP contribution in [0.4, 0.5) is 0 Å². The first-order valence-electron chi connectivity index (χ1n) is 10.6. The van der Waals surface area contributed by atoms with Crippen molar-refractivity contribution in [1.82, 2.24) is 15.2 Å². The summed E-state index contributed by atoms with van der Waals surface area (Å²) in [7, 11) is 1.64. The van der Waals surface area contributed by atoms with Crippen molar-refractivity contribution in [2.24, 2.45) is 0 Å². The summed E-state index contributed by atoms with van der Waals surface area (Å²) in [5.74, 6) is -1.50. The maximum absolute atomic E-state index is 11.5. The van der Waals surface area contributed by atoms with Gasteiger partial charge in [0.05, 0.1) is 22.9 Å². The molecular formula is C24H23N3O6S. The van der Waals surface area contributed by atoms with Gasteiger partial charge in [0.25, 0.3) is 0 Å². The number of pyridine rings is 1. The van der Waals surface area contributed by atoms with Gasteiger partial charge >= 0.3 is 11.9 Å². The fraction of sp³-hybridized carbons (Fsp3) is 0.250. The van der Waals surface area contributed by atoms with E-state index in [2.05, 4.69) is 10.3 Å². The molecule has 2 unspecified atom stereocenters. The van der Waals surface area contributed by atoms with Crippen LogP contribution in [0.2, 0.25) is 0 Å². The van der Waals surface area contributed by atoms with Crippen molar-refractivity contribution in [2.45, 2.75) is 18.5 Å². The highest BCUT2D eigenvalue weighted by Crippen LogP contribution is 2.40. The summed E-state index contributed by atoms with van der Waals surface area (Å²) in [4.78, 5) is 29.5. The standard InChI is InChI=1S/C24H23N3O6S/c1-32-10-4-9-27-21(20(26-24(27)34)17-5-2-3-8-25-17)19-7-6-18(33-19)14-11-15(22(28)29)13-16(12-14)23(30)31/h2-3,5-8,11-13,20-21H,4,9-10H2,1H3,(H,26,34)(H,28,29)(H,30,31). The Morgan fingerprint density at radius 1 is 1.15 bits per heavy atom. The van der Waals surface area contributed by atoms with E-state index in [9.17, 15) is 19.8 Å². The first kappa shape index (κ1) is 23.4. The molecule has 0 saturated carbocycles. The topological polar surface area (TPSA) is 125 Å². The van der Waals surface area contributed by atoms with Gasteiger partial charge in [0.2, 0.25) is 0 Å². The Labute approximate surface area is 201 Å². The number of carbonyl (C=O) groups is 2. The number of nitrogens with zero attached hydrogens (tertiary/aromatic N) is 2. The van der Waals surface area contributed by atoms with Gasteiger partial charge in [-0.1, -0.05) is 6.07 Å². The molecule has 4 rings (SSSR count). The quantitative estimate of drug-likeness (QED) is 0.307. The van der Waals surface area contributed by atoms with E-state index >= 15 is 0 Å². The first-order valence-corrected chi connectivity index (χ1v) is 11.0. The molecule has 10 heteroatoms. The maximum Gasteiger partial charge on any atom is 0.335 e. The van der Waals surface area contributed by atoms with E-state index in [1.165, 1.54) is 12.1 Å². The minimum atomic E-state index is -1.22. The van der Waals surface area contributed by atoms with E-state index in [0.29, 0.717) is 35.3 Å². The first-order chi connectivity index (χ1) is 16.4. The number of rotatable bonds is 9. The Morgan fingerprint density at radius 2 is 1.88 bits per heavy atom. The van der Waals surface area contributed by atoms with Crippen LogP contribution in [0.3, 0.4) is 0 Å². The van der Waals surface area contributed by atoms with Gasteiger partial charge in [-0.15, -0.1) is 0 Å². The number of carboxylic acid groups (broad SMARTS) is 2. The molecule has 1 aliphatic heterocycles. The van der Waals surface area contributed by atoms with Gasteiger partial charge in [0.1, 0.15) is 17.6 Å². The number of ether oxygens (including phenoxy) is 1. The van der Waals surface area contributed by atoms with Crippen molar-refractivity contribution < 1.29 is 29.0 Å². The van der Waals surface area contributed by atoms with Crippen molar-refractivity contribution in [3.8, 4) is 11.3 Å². The fourth-order valence-corrected chi connectivity index (χ4v) is 4.35. The lowest BCUT2D eigenvalue weighted by atomic mass is 10.0. The summed E-state index contributed by atoms with van der Waals surface area (Å²) in [6, 6.07) is 12.5. The Kier molecular flexibility index (Phi) is 6.90. The number of nitrogens with one attached hydrogen (secondary N) is 1. The highest BCUT2D eigenvalue weighted by Gasteiger charge is 2.41. The molecule has 1 aromatic carbocycles. The monoisotopic (exact) mass is 481 g/mol. The van der Waals surface area contributed by atoms with Crippen LogP contribution in [0.25, 0.3) is 11.3 Å². The van der Waals surface area contributed by atoms with Crippen LogP contribution < -0.4 is 5.32 Å². The summed E-state index contributed by atoms with van der Waals surface area (Å²) < 4.78 is 11.4. The van der Waals surface area contributed by atoms with E-state index in [1.807, 2.05) is 23.1 Å². The van der Waals surface area contributed by atoms with Crippen LogP contribution >= 0.6 is 12.2 Å². The second kappa shape index (κ2) is 10.0. The molecule has 176 valence electrons. The minimum absolute atomic E-state index is 0.135. The van der Waals surface area contributed by atoms with Crippen molar-refractivity contribution >= 4 is 29.3 Å². The molecule has 0 bridgehead atoms. The number of aromatic nitrogens is 1. The number of thiocarbonyl (C=S) groups is 1. The lowest BCUT2D eigenvalue weighted by Crippen LogP contribution is -2.31. The number of aromatic carboxylic acids is 2. The van der Waals surface area contributed by atoms with E-state index in [-0.39, 0.29) is 23.2 Å². The molecule has 0 radical (unpaired) electrons. The third-order valence-electron chi connectivity index (χ3n) is 5.57. The van der Waals surface area contributed by atoms with Crippen LogP contribution in [0, 0.1) is 0 Å². The van der Waals surface area contributed by atoms with Gasteiger partial charge in [-0.2, -0.15) is 0 Å². The van der Waals surface area contributed by atoms with Crippen molar-refractivity contribution in [3.63, 3.8) is 0 Å². The SMILES string of the molecule is COCCCN1C(=S)NC(c2ccccn2)C1c1ccc(-c2cc(C(=O)O)cc(C(=O)O)c2)o1. The minimum Gasteiger partial charge on any atom is -0.478 e. The Balaban J connectivity index is 1.73. The molecule has 2 atom stereocenters. The highest BCUT2D eigenvalue weighted by molar-refractivity contribution is 7.80. The second-order valence-electron chi connectivity index (χ2n) is 7.78. The second-order valence-corrected chi connectivity index (χ2v) is 8.16. The number of hydrogen-bond donors (Lipinski definition) is 3. The summed E-state index contributed by atoms with van der Waals surface area (Å²) in [6.45, 7) is 1.20. The molecule has 1 fully saturated rings. The third-order valence-corrected chi connectivity index (χ3v) is 5.93. The van der Waals surface area contributed by atoms with Crippen molar-refractivity contribution in [3.05, 3.63) is 77.3 Å². The predicted molar refractivity (Wildman–Crippen MR) is 127 cm³/mol. The van der Waals surface area contributed by atoms with Gasteiger partial charge in [0, 0.05) is 32.0 Å². The number of hydrogen-bond acceptors (Lipinski definition) is 6. The number of furan rings is 1. The van der Waals surface area contributed by atoms with Crippen LogP contribution in [0.15, 0.2) is 59.1 Å². The molecule has 3 N–H and O–H groups in total. The lowest BCUT2D eigenvalue weighted by Gasteiger charge is -2.26. The maximum atomic E-state index is 11.5. The number of benzene rings is 1. The fourth-order valence-electron chi connectivity index (χ4n) is 4.02. The van der Waals surface area contributed by atoms with Crippen LogP contribution in [0.5, 0.6) is 0 Å². The summed E-state index contributed by atoms with van der Waals surface area (Å²) in [6.07, 6.45) is 2.46. The van der Waals surface area contributed by atoms with Gasteiger partial charge in [-0.25, -0.2) is 9.59 Å². The van der Waals surface area contributed by atoms with E-state index in [1.54, 1.807) is 25.4 Å². The van der Waals surface area contributed by atoms with Gasteiger partial charge in [-0.05, 0) is 61.1 Å². The molecule has 3 heterocycles. The summed E-state index contributed by atoms with van der Waals surface area (Å²) in [5, 5.41) is 22.7. The molecule has 2 aromatic heterocycles. The molecule has 3 aromatic rings. The average Bonchev–Trinajstić information content (AvgIpc) is 3.44. The molecule has 9 nitrogen and oxygen atoms in total. The van der Waals surface area contributed by atoms with Crippen LogP contribution in [0.1, 0.15) is 50.7 Å². The molecule has 0 amide bonds. The normalized spacial score (nSPS) is 17.6. The van der Waals surface area contributed by atoms with Gasteiger partial charge in [-0.3, -0.25) is 4.98 Å². The zero-order chi connectivity index (χ0) is 24.2. The zero-order valence-corrected chi connectivity index (χ0v) is 19.1. The molecular weight excluding hydrogens is 458 g/mol. The summed E-state index contributed by atoms with van der Waals surface area (Å²) >= 11 is 5.61. The van der Waals surface area contributed by atoms with E-state index in [0.717, 1.165) is 18.2 Å². The van der Waals surface area contributed by atoms with Gasteiger partial charge < -0.3 is 29.6 Å². The molecule has 0 aliphatic carbocycles. The largest absolute Gasteiger partial charge is 0.478 e. The lowest BCUT2D eigenvalue weighted by molar-refractivity contribution is 0.0696. The predicted octanol–water partition coefficient (Wildman–Crippen LogP) is 3.75. The van der Waals surface area contributed by atoms with Crippen LogP contribution in [-0.2, 0) is 4.74 Å². The Bertz CT molecular complexity index is 1180. The Hall–Kier alpha value is -3.76. The van der Waals surface area contributed by atoms with Crippen LogP contribution in [-0.4, -0.2) is 57.4 Å². The van der Waals surface area contributed by atoms with E-state index < -0.39 is 11.9 Å². The molecule has 0 spiro atoms. The number of carboxylic acids is 2. The molecule has 1 aliphatic rings. The number of methoxy groups -OCH3 is 1.